The molecule has 0 amide bonds. The summed E-state index contributed by atoms with van der Waals surface area (Å²) in [5.41, 5.74) is 0.787. The molecule has 0 bridgehead atoms. The Morgan fingerprint density at radius 2 is 1.62 bits per heavy atom. The van der Waals surface area contributed by atoms with E-state index in [9.17, 15) is 4.79 Å². The number of Topliss-reactive ketones (excluding diaryl/α,β-unsaturated/α-hetero) is 1. The number of para-hydroxylation sites is 2. The van der Waals surface area contributed by atoms with Crippen LogP contribution in [0.5, 0.6) is 11.5 Å². The topological polar surface area (TPSA) is 47.6 Å². The molecule has 0 aliphatic rings. The van der Waals surface area contributed by atoms with Crippen LogP contribution in [0, 0.1) is 0 Å². The summed E-state index contributed by atoms with van der Waals surface area (Å²) in [4.78, 5) is 12.5. The Balaban J connectivity index is 1.44. The van der Waals surface area contributed by atoms with Gasteiger partial charge in [0, 0.05) is 25.1 Å². The van der Waals surface area contributed by atoms with Crippen LogP contribution in [0.3, 0.4) is 0 Å². The van der Waals surface area contributed by atoms with Gasteiger partial charge in [0.2, 0.25) is 0 Å². The number of ether oxygens (including phenoxy) is 2. The largest absolute Gasteiger partial charge is 0.493 e. The maximum absolute atomic E-state index is 12.5. The van der Waals surface area contributed by atoms with Gasteiger partial charge in [-0.3, -0.25) is 4.79 Å². The second kappa shape index (κ2) is 9.02. The molecule has 0 aromatic heterocycles. The molecular weight excluding hydrogens is 326 g/mol. The number of benzene rings is 3. The van der Waals surface area contributed by atoms with Crippen molar-refractivity contribution in [2.45, 2.75) is 6.42 Å². The third-order valence-corrected chi connectivity index (χ3v) is 4.22. The molecule has 0 saturated heterocycles. The van der Waals surface area contributed by atoms with E-state index in [4.69, 9.17) is 9.47 Å². The van der Waals surface area contributed by atoms with Crippen molar-refractivity contribution in [1.29, 1.82) is 0 Å². The molecular formula is C22H23NO3. The fourth-order valence-corrected chi connectivity index (χ4v) is 2.90. The minimum atomic E-state index is 0.153. The maximum Gasteiger partial charge on any atom is 0.164 e. The SMILES string of the molecule is COc1ccccc1OCCNCCC(=O)c1cccc2ccccc12. The molecule has 3 aromatic carbocycles. The van der Waals surface area contributed by atoms with E-state index in [0.717, 1.165) is 27.8 Å². The number of carbonyl (C=O) groups is 1. The third kappa shape index (κ3) is 4.41. The second-order valence-corrected chi connectivity index (χ2v) is 5.95. The Kier molecular flexibility index (Phi) is 6.23. The number of ketones is 1. The number of hydrogen-bond donors (Lipinski definition) is 1. The molecule has 0 aliphatic heterocycles. The van der Waals surface area contributed by atoms with Crippen LogP contribution in [0.1, 0.15) is 16.8 Å². The van der Waals surface area contributed by atoms with Crippen molar-refractivity contribution in [3.8, 4) is 11.5 Å². The van der Waals surface area contributed by atoms with Gasteiger partial charge in [0.25, 0.3) is 0 Å². The average Bonchev–Trinajstić information content (AvgIpc) is 2.70. The first-order chi connectivity index (χ1) is 12.8. The molecule has 4 nitrogen and oxygen atoms in total. The van der Waals surface area contributed by atoms with Crippen LogP contribution in [0.25, 0.3) is 10.8 Å². The highest BCUT2D eigenvalue weighted by Crippen LogP contribution is 2.25. The van der Waals surface area contributed by atoms with Crippen molar-refractivity contribution < 1.29 is 14.3 Å². The van der Waals surface area contributed by atoms with Crippen LogP contribution >= 0.6 is 0 Å². The summed E-state index contributed by atoms with van der Waals surface area (Å²) >= 11 is 0. The van der Waals surface area contributed by atoms with Gasteiger partial charge in [-0.05, 0) is 22.9 Å². The van der Waals surface area contributed by atoms with Crippen LogP contribution in [0.2, 0.25) is 0 Å². The fourth-order valence-electron chi connectivity index (χ4n) is 2.90. The van der Waals surface area contributed by atoms with E-state index in [1.54, 1.807) is 7.11 Å². The van der Waals surface area contributed by atoms with E-state index < -0.39 is 0 Å². The van der Waals surface area contributed by atoms with Gasteiger partial charge in [-0.25, -0.2) is 0 Å². The Morgan fingerprint density at radius 3 is 2.46 bits per heavy atom. The summed E-state index contributed by atoms with van der Waals surface area (Å²) in [6.45, 7) is 1.81. The van der Waals surface area contributed by atoms with Crippen molar-refractivity contribution >= 4 is 16.6 Å². The minimum Gasteiger partial charge on any atom is -0.493 e. The number of fused-ring (bicyclic) bond motifs is 1. The van der Waals surface area contributed by atoms with Crippen molar-refractivity contribution in [2.24, 2.45) is 0 Å². The zero-order valence-corrected chi connectivity index (χ0v) is 14.9. The Morgan fingerprint density at radius 1 is 0.885 bits per heavy atom. The first kappa shape index (κ1) is 18.0. The van der Waals surface area contributed by atoms with Crippen molar-refractivity contribution in [3.63, 3.8) is 0 Å². The van der Waals surface area contributed by atoms with E-state index >= 15 is 0 Å². The maximum atomic E-state index is 12.5. The first-order valence-corrected chi connectivity index (χ1v) is 8.77. The lowest BCUT2D eigenvalue weighted by atomic mass is 10.00. The lowest BCUT2D eigenvalue weighted by Crippen LogP contribution is -2.24. The second-order valence-electron chi connectivity index (χ2n) is 5.95. The van der Waals surface area contributed by atoms with E-state index in [0.29, 0.717) is 26.1 Å². The molecule has 0 heterocycles. The Hall–Kier alpha value is -2.85. The lowest BCUT2D eigenvalue weighted by Gasteiger charge is -2.11. The van der Waals surface area contributed by atoms with Crippen LogP contribution in [0.4, 0.5) is 0 Å². The van der Waals surface area contributed by atoms with E-state index in [-0.39, 0.29) is 5.78 Å². The van der Waals surface area contributed by atoms with Crippen LogP contribution in [-0.4, -0.2) is 32.6 Å². The van der Waals surface area contributed by atoms with E-state index in [1.165, 1.54) is 0 Å². The van der Waals surface area contributed by atoms with Gasteiger partial charge in [-0.1, -0.05) is 54.6 Å². The van der Waals surface area contributed by atoms with Crippen LogP contribution in [-0.2, 0) is 0 Å². The molecule has 3 rings (SSSR count). The molecule has 0 atom stereocenters. The zero-order valence-electron chi connectivity index (χ0n) is 14.9. The molecule has 0 saturated carbocycles. The number of hydrogen-bond acceptors (Lipinski definition) is 4. The summed E-state index contributed by atoms with van der Waals surface area (Å²) in [5.74, 6) is 1.60. The number of carbonyl (C=O) groups excluding carboxylic acids is 1. The molecule has 4 heteroatoms. The van der Waals surface area contributed by atoms with Crippen LogP contribution in [0.15, 0.2) is 66.7 Å². The van der Waals surface area contributed by atoms with Gasteiger partial charge in [0.15, 0.2) is 17.3 Å². The Labute approximate surface area is 153 Å². The molecule has 3 aromatic rings. The van der Waals surface area contributed by atoms with Crippen molar-refractivity contribution in [1.82, 2.24) is 5.32 Å². The predicted molar refractivity (Wildman–Crippen MR) is 104 cm³/mol. The fraction of sp³-hybridized carbons (Fsp3) is 0.227. The van der Waals surface area contributed by atoms with Crippen LogP contribution < -0.4 is 14.8 Å². The van der Waals surface area contributed by atoms with Gasteiger partial charge in [0.1, 0.15) is 6.61 Å². The molecule has 0 fully saturated rings. The van der Waals surface area contributed by atoms with Crippen molar-refractivity contribution in [2.75, 3.05) is 26.8 Å². The molecule has 0 aliphatic carbocycles. The van der Waals surface area contributed by atoms with E-state index in [1.807, 2.05) is 66.7 Å². The van der Waals surface area contributed by atoms with Gasteiger partial charge < -0.3 is 14.8 Å². The lowest BCUT2D eigenvalue weighted by molar-refractivity contribution is 0.0983. The zero-order chi connectivity index (χ0) is 18.2. The first-order valence-electron chi connectivity index (χ1n) is 8.77. The number of nitrogens with one attached hydrogen (secondary N) is 1. The standard InChI is InChI=1S/C22H23NO3/c1-25-21-11-4-5-12-22(21)26-16-15-23-14-13-20(24)19-10-6-8-17-7-2-3-9-18(17)19/h2-12,23H,13-16H2,1H3. The van der Waals surface area contributed by atoms with Gasteiger partial charge in [0.05, 0.1) is 7.11 Å². The Bertz CT molecular complexity index is 871. The molecule has 0 radical (unpaired) electrons. The summed E-state index contributed by atoms with van der Waals surface area (Å²) in [5, 5.41) is 5.36. The molecule has 134 valence electrons. The number of methoxy groups -OCH3 is 1. The number of rotatable bonds is 9. The van der Waals surface area contributed by atoms with Crippen molar-refractivity contribution in [3.05, 3.63) is 72.3 Å². The van der Waals surface area contributed by atoms with Gasteiger partial charge in [-0.15, -0.1) is 0 Å². The molecule has 1 N–H and O–H groups in total. The summed E-state index contributed by atoms with van der Waals surface area (Å²) in [6.07, 6.45) is 0.461. The quantitative estimate of drug-likeness (QED) is 0.467. The summed E-state index contributed by atoms with van der Waals surface area (Å²) < 4.78 is 11.0. The molecule has 26 heavy (non-hydrogen) atoms. The smallest absolute Gasteiger partial charge is 0.164 e. The summed E-state index contributed by atoms with van der Waals surface area (Å²) in [6, 6.07) is 21.4. The van der Waals surface area contributed by atoms with Gasteiger partial charge in [-0.2, -0.15) is 0 Å². The minimum absolute atomic E-state index is 0.153. The molecule has 0 spiro atoms. The normalized spacial score (nSPS) is 10.7. The molecule has 0 unspecified atom stereocenters. The monoisotopic (exact) mass is 349 g/mol. The highest BCUT2D eigenvalue weighted by atomic mass is 16.5. The predicted octanol–water partition coefficient (Wildman–Crippen LogP) is 4.09. The van der Waals surface area contributed by atoms with Gasteiger partial charge >= 0.3 is 0 Å². The van der Waals surface area contributed by atoms with E-state index in [2.05, 4.69) is 5.32 Å². The summed E-state index contributed by atoms with van der Waals surface area (Å²) in [7, 11) is 1.62. The third-order valence-electron chi connectivity index (χ3n) is 4.22. The highest BCUT2D eigenvalue weighted by molar-refractivity contribution is 6.08. The average molecular weight is 349 g/mol. The highest BCUT2D eigenvalue weighted by Gasteiger charge is 2.09.